The number of aromatic nitrogens is 2. The Morgan fingerprint density at radius 3 is 2.71 bits per heavy atom. The molecular formula is C22H28N4O2. The minimum Gasteiger partial charge on any atom is -0.490 e. The van der Waals surface area contributed by atoms with Crippen LogP contribution >= 0.6 is 0 Å². The summed E-state index contributed by atoms with van der Waals surface area (Å²) in [6, 6.07) is 8.39. The zero-order valence-electron chi connectivity index (χ0n) is 16.3. The van der Waals surface area contributed by atoms with Gasteiger partial charge in [0.05, 0.1) is 12.3 Å². The van der Waals surface area contributed by atoms with Crippen LogP contribution in [-0.2, 0) is 6.54 Å². The summed E-state index contributed by atoms with van der Waals surface area (Å²) in [5, 5.41) is 0. The lowest BCUT2D eigenvalue weighted by atomic mass is 10.1. The van der Waals surface area contributed by atoms with Crippen LogP contribution in [0.5, 0.6) is 5.75 Å². The van der Waals surface area contributed by atoms with Gasteiger partial charge in [0.25, 0.3) is 5.91 Å². The van der Waals surface area contributed by atoms with Gasteiger partial charge in [0.2, 0.25) is 0 Å². The van der Waals surface area contributed by atoms with E-state index in [-0.39, 0.29) is 5.91 Å². The van der Waals surface area contributed by atoms with Crippen molar-refractivity contribution in [2.75, 3.05) is 26.2 Å². The molecule has 4 rings (SSSR count). The zero-order valence-corrected chi connectivity index (χ0v) is 16.3. The van der Waals surface area contributed by atoms with Crippen molar-refractivity contribution in [1.82, 2.24) is 19.8 Å². The summed E-state index contributed by atoms with van der Waals surface area (Å²) < 4.78 is 6.29. The number of benzene rings is 1. The number of carbonyl (C=O) groups is 1. The number of rotatable bonds is 5. The smallest absolute Gasteiger partial charge is 0.274 e. The van der Waals surface area contributed by atoms with Gasteiger partial charge < -0.3 is 9.64 Å². The molecule has 1 amide bonds. The van der Waals surface area contributed by atoms with Crippen molar-refractivity contribution in [1.29, 1.82) is 0 Å². The van der Waals surface area contributed by atoms with E-state index in [1.807, 2.05) is 4.90 Å². The molecule has 0 N–H and O–H groups in total. The molecule has 1 saturated heterocycles. The van der Waals surface area contributed by atoms with E-state index in [2.05, 4.69) is 39.1 Å². The van der Waals surface area contributed by atoms with Gasteiger partial charge in [-0.05, 0) is 38.2 Å². The standard InChI is InChI=1S/C22H28N4O2/c27-22(20-16-23-10-11-24-20)26-13-5-12-25(14-15-26)17-18-6-1-4-9-21(18)28-19-7-2-3-8-19/h1,4,6,9-11,16,19H,2-3,5,7-8,12-15,17H2. The van der Waals surface area contributed by atoms with E-state index in [0.29, 0.717) is 18.3 Å². The molecule has 2 fully saturated rings. The SMILES string of the molecule is O=C(c1cnccn1)N1CCCN(Cc2ccccc2OC2CCCC2)CC1. The number of hydrogen-bond acceptors (Lipinski definition) is 5. The first-order valence-corrected chi connectivity index (χ1v) is 10.3. The maximum atomic E-state index is 12.6. The first-order chi connectivity index (χ1) is 13.8. The number of nitrogens with zero attached hydrogens (tertiary/aromatic N) is 4. The van der Waals surface area contributed by atoms with Crippen LogP contribution in [0.25, 0.3) is 0 Å². The second kappa shape index (κ2) is 9.15. The third kappa shape index (κ3) is 4.68. The number of carbonyl (C=O) groups excluding carboxylic acids is 1. The van der Waals surface area contributed by atoms with Gasteiger partial charge >= 0.3 is 0 Å². The molecule has 0 radical (unpaired) electrons. The van der Waals surface area contributed by atoms with E-state index in [1.165, 1.54) is 18.4 Å². The van der Waals surface area contributed by atoms with Crippen LogP contribution < -0.4 is 4.74 Å². The third-order valence-corrected chi connectivity index (χ3v) is 5.62. The summed E-state index contributed by atoms with van der Waals surface area (Å²) in [6.07, 6.45) is 10.9. The molecule has 1 aliphatic carbocycles. The Bertz CT molecular complexity index is 777. The first kappa shape index (κ1) is 18.9. The summed E-state index contributed by atoms with van der Waals surface area (Å²) in [5.74, 6) is 0.992. The van der Waals surface area contributed by atoms with Crippen molar-refractivity contribution >= 4 is 5.91 Å². The highest BCUT2D eigenvalue weighted by Crippen LogP contribution is 2.27. The number of amides is 1. The molecule has 0 unspecified atom stereocenters. The minimum atomic E-state index is -0.0279. The molecule has 0 spiro atoms. The molecule has 6 nitrogen and oxygen atoms in total. The molecule has 2 aliphatic rings. The second-order valence-corrected chi connectivity index (χ2v) is 7.64. The molecule has 2 heterocycles. The van der Waals surface area contributed by atoms with Crippen LogP contribution in [0.1, 0.15) is 48.2 Å². The van der Waals surface area contributed by atoms with Gasteiger partial charge in [0.15, 0.2) is 0 Å². The molecule has 28 heavy (non-hydrogen) atoms. The third-order valence-electron chi connectivity index (χ3n) is 5.62. The van der Waals surface area contributed by atoms with Crippen LogP contribution in [-0.4, -0.2) is 58.0 Å². The average Bonchev–Trinajstić information content (AvgIpc) is 3.14. The Labute approximate surface area is 166 Å². The quantitative estimate of drug-likeness (QED) is 0.798. The highest BCUT2D eigenvalue weighted by molar-refractivity contribution is 5.91. The molecule has 1 saturated carbocycles. The van der Waals surface area contributed by atoms with Crippen molar-refractivity contribution in [2.24, 2.45) is 0 Å². The minimum absolute atomic E-state index is 0.0279. The predicted octanol–water partition coefficient (Wildman–Crippen LogP) is 3.15. The number of hydrogen-bond donors (Lipinski definition) is 0. The summed E-state index contributed by atoms with van der Waals surface area (Å²) in [5.41, 5.74) is 1.66. The zero-order chi connectivity index (χ0) is 19.2. The molecule has 148 valence electrons. The average molecular weight is 380 g/mol. The van der Waals surface area contributed by atoms with Gasteiger partial charge in [-0.25, -0.2) is 4.98 Å². The molecule has 1 aromatic carbocycles. The molecular weight excluding hydrogens is 352 g/mol. The fourth-order valence-corrected chi connectivity index (χ4v) is 4.08. The lowest BCUT2D eigenvalue weighted by Gasteiger charge is -2.23. The Kier molecular flexibility index (Phi) is 6.17. The lowest BCUT2D eigenvalue weighted by Crippen LogP contribution is -2.35. The molecule has 1 aliphatic heterocycles. The van der Waals surface area contributed by atoms with Crippen LogP contribution in [0.15, 0.2) is 42.9 Å². The van der Waals surface area contributed by atoms with E-state index < -0.39 is 0 Å². The fraction of sp³-hybridized carbons (Fsp3) is 0.500. The Hall–Kier alpha value is -2.47. The maximum absolute atomic E-state index is 12.6. The van der Waals surface area contributed by atoms with E-state index in [1.54, 1.807) is 18.6 Å². The number of ether oxygens (including phenoxy) is 1. The monoisotopic (exact) mass is 380 g/mol. The van der Waals surface area contributed by atoms with Crippen molar-refractivity contribution in [2.45, 2.75) is 44.8 Å². The van der Waals surface area contributed by atoms with Crippen LogP contribution in [0, 0.1) is 0 Å². The van der Waals surface area contributed by atoms with Gasteiger partial charge in [-0.2, -0.15) is 0 Å². The molecule has 0 bridgehead atoms. The van der Waals surface area contributed by atoms with Gasteiger partial charge in [0.1, 0.15) is 11.4 Å². The van der Waals surface area contributed by atoms with Gasteiger partial charge in [-0.15, -0.1) is 0 Å². The highest BCUT2D eigenvalue weighted by atomic mass is 16.5. The summed E-state index contributed by atoms with van der Waals surface area (Å²) in [6.45, 7) is 4.15. The largest absolute Gasteiger partial charge is 0.490 e. The van der Waals surface area contributed by atoms with Crippen molar-refractivity contribution in [3.8, 4) is 5.75 Å². The van der Waals surface area contributed by atoms with Crippen molar-refractivity contribution < 1.29 is 9.53 Å². The van der Waals surface area contributed by atoms with Crippen LogP contribution in [0.4, 0.5) is 0 Å². The van der Waals surface area contributed by atoms with Gasteiger partial charge in [-0.1, -0.05) is 18.2 Å². The lowest BCUT2D eigenvalue weighted by molar-refractivity contribution is 0.0754. The topological polar surface area (TPSA) is 58.6 Å². The highest BCUT2D eigenvalue weighted by Gasteiger charge is 2.23. The fourth-order valence-electron chi connectivity index (χ4n) is 4.08. The van der Waals surface area contributed by atoms with Gasteiger partial charge in [-0.3, -0.25) is 14.7 Å². The Balaban J connectivity index is 1.37. The molecule has 1 aromatic heterocycles. The summed E-state index contributed by atoms with van der Waals surface area (Å²) >= 11 is 0. The number of para-hydroxylation sites is 1. The van der Waals surface area contributed by atoms with Crippen LogP contribution in [0.3, 0.4) is 0 Å². The molecule has 6 heteroatoms. The van der Waals surface area contributed by atoms with E-state index in [4.69, 9.17) is 4.74 Å². The van der Waals surface area contributed by atoms with Crippen molar-refractivity contribution in [3.05, 3.63) is 54.1 Å². The maximum Gasteiger partial charge on any atom is 0.274 e. The van der Waals surface area contributed by atoms with Crippen LogP contribution in [0.2, 0.25) is 0 Å². The van der Waals surface area contributed by atoms with E-state index in [0.717, 1.165) is 51.2 Å². The van der Waals surface area contributed by atoms with Gasteiger partial charge in [0, 0.05) is 50.7 Å². The first-order valence-electron chi connectivity index (χ1n) is 10.3. The Morgan fingerprint density at radius 2 is 1.89 bits per heavy atom. The normalized spacial score (nSPS) is 18.8. The second-order valence-electron chi connectivity index (χ2n) is 7.64. The Morgan fingerprint density at radius 1 is 1.04 bits per heavy atom. The van der Waals surface area contributed by atoms with E-state index in [9.17, 15) is 4.79 Å². The van der Waals surface area contributed by atoms with E-state index >= 15 is 0 Å². The van der Waals surface area contributed by atoms with Crippen molar-refractivity contribution in [3.63, 3.8) is 0 Å². The summed E-state index contributed by atoms with van der Waals surface area (Å²) in [7, 11) is 0. The molecule has 2 aromatic rings. The predicted molar refractivity (Wildman–Crippen MR) is 107 cm³/mol. The molecule has 0 atom stereocenters. The summed E-state index contributed by atoms with van der Waals surface area (Å²) in [4.78, 5) is 25.1.